The third-order valence-corrected chi connectivity index (χ3v) is 11.4. The zero-order valence-corrected chi connectivity index (χ0v) is 30.6. The van der Waals surface area contributed by atoms with Crippen molar-refractivity contribution in [3.05, 3.63) is 71.8 Å². The van der Waals surface area contributed by atoms with Crippen LogP contribution in [0.4, 0.5) is 11.4 Å². The number of carboxylic acid groups (broad SMARTS) is 1. The summed E-state index contributed by atoms with van der Waals surface area (Å²) in [7, 11) is -8.50. The highest BCUT2D eigenvalue weighted by atomic mass is 32.2. The Bertz CT molecular complexity index is 1930. The van der Waals surface area contributed by atoms with Crippen LogP contribution in [0.3, 0.4) is 0 Å². The first-order valence-corrected chi connectivity index (χ1v) is 19.9. The van der Waals surface area contributed by atoms with E-state index in [2.05, 4.69) is 27.8 Å². The van der Waals surface area contributed by atoms with Gasteiger partial charge in [-0.05, 0) is 69.0 Å². The number of benzene rings is 2. The third-order valence-electron chi connectivity index (χ3n) is 9.19. The Kier molecular flexibility index (Phi) is 13.0. The second-order valence-corrected chi connectivity index (χ2v) is 16.8. The fourth-order valence-corrected chi connectivity index (χ4v) is 8.06. The van der Waals surface area contributed by atoms with Crippen molar-refractivity contribution in [3.8, 4) is 0 Å². The molecule has 0 saturated heterocycles. The molecule has 13 nitrogen and oxygen atoms in total. The van der Waals surface area contributed by atoms with E-state index in [-0.39, 0.29) is 23.5 Å². The zero-order valence-electron chi connectivity index (χ0n) is 28.1. The van der Waals surface area contributed by atoms with E-state index in [1.165, 1.54) is 12.1 Å². The first kappa shape index (κ1) is 39.6. The molecular weight excluding hydrogens is 709 g/mol. The van der Waals surface area contributed by atoms with E-state index in [0.29, 0.717) is 61.2 Å². The van der Waals surface area contributed by atoms with Gasteiger partial charge in [0.25, 0.3) is 20.2 Å². The lowest BCUT2D eigenvalue weighted by Crippen LogP contribution is -2.29. The van der Waals surface area contributed by atoms with Gasteiger partial charge in [-0.3, -0.25) is 18.9 Å². The molecule has 1 unspecified atom stereocenters. The largest absolute Gasteiger partial charge is 0.481 e. The number of allylic oxidation sites excluding steroid dienone is 4. The van der Waals surface area contributed by atoms with Crippen molar-refractivity contribution in [2.75, 3.05) is 12.3 Å². The third kappa shape index (κ3) is 9.76. The molecular formula is C34H43N2O11S3+. The van der Waals surface area contributed by atoms with Gasteiger partial charge in [0.15, 0.2) is 5.71 Å². The van der Waals surface area contributed by atoms with Crippen LogP contribution in [-0.2, 0) is 45.2 Å². The molecule has 4 rings (SSSR count). The van der Waals surface area contributed by atoms with E-state index in [0.717, 1.165) is 34.7 Å². The van der Waals surface area contributed by atoms with Crippen molar-refractivity contribution in [1.82, 2.24) is 0 Å². The Morgan fingerprint density at radius 1 is 0.960 bits per heavy atom. The van der Waals surface area contributed by atoms with Crippen LogP contribution in [-0.4, -0.2) is 70.6 Å². The lowest BCUT2D eigenvalue weighted by Gasteiger charge is -2.28. The summed E-state index contributed by atoms with van der Waals surface area (Å²) in [4.78, 5) is 16.3. The van der Waals surface area contributed by atoms with Crippen LogP contribution in [0.5, 0.6) is 0 Å². The van der Waals surface area contributed by atoms with Crippen molar-refractivity contribution < 1.29 is 55.0 Å². The fourth-order valence-electron chi connectivity index (χ4n) is 6.58. The van der Waals surface area contributed by atoms with E-state index in [9.17, 15) is 30.7 Å². The number of nitrogens with zero attached hydrogens (tertiary/aromatic N) is 2. The number of aliphatic carboxylic acids is 1. The molecule has 0 spiro atoms. The molecule has 16 heteroatoms. The number of carboxylic acids is 1. The van der Waals surface area contributed by atoms with Crippen molar-refractivity contribution in [2.24, 2.45) is 4.99 Å². The molecule has 0 radical (unpaired) electrons. The fraction of sp³-hybridized carbons (Fsp3) is 0.441. The molecule has 2 aromatic rings. The number of rotatable bonds is 19. The smallest absolute Gasteiger partial charge is 0.303 e. The van der Waals surface area contributed by atoms with Crippen molar-refractivity contribution in [1.29, 1.82) is 0 Å². The lowest BCUT2D eigenvalue weighted by molar-refractivity contribution is -0.438. The number of hydrogen-bond acceptors (Lipinski definition) is 10. The molecule has 1 atom stereocenters. The monoisotopic (exact) mass is 751 g/mol. The molecule has 0 fully saturated rings. The standard InChI is InChI=1S/C34H42N2O11S3/c1-33(2)27-22-24(48-47-46-39)15-18-29(27)36(20-10-11-21-49(40,41)42)31(33)13-7-4-6-12-30-34(3,19-9-5-8-14-32(37)38)26-23-25(50(43,44)45)16-17-28(26)35-30/h4,6-7,13,15-18,22-23H,5,8-12,14,19-21H2,1-3H3,(H3-,37,38,39,40,41,42,43,44,45)/p+1. The molecule has 0 amide bonds. The quantitative estimate of drug-likeness (QED) is 0.0219. The predicted molar refractivity (Wildman–Crippen MR) is 190 cm³/mol. The van der Waals surface area contributed by atoms with Gasteiger partial charge >= 0.3 is 5.97 Å². The van der Waals surface area contributed by atoms with Crippen LogP contribution in [0.15, 0.2) is 75.5 Å². The summed E-state index contributed by atoms with van der Waals surface area (Å²) in [6, 6.07) is 10.1. The van der Waals surface area contributed by atoms with Gasteiger partial charge in [0, 0.05) is 53.0 Å². The minimum absolute atomic E-state index is 0.0757. The SMILES string of the molecule is CC1(C)C(C=CC=CCC2=Nc3ccc(S(=O)(=O)O)cc3C2(C)CCCCCC(=O)O)=[N+](CCCCS(=O)(=O)O)c2ccc(SOOO)cc21. The number of unbranched alkanes of at least 4 members (excludes halogenated alkanes) is 3. The van der Waals surface area contributed by atoms with Crippen LogP contribution in [0.25, 0.3) is 0 Å². The van der Waals surface area contributed by atoms with Gasteiger partial charge < -0.3 is 5.11 Å². The Balaban J connectivity index is 1.57. The van der Waals surface area contributed by atoms with E-state index in [1.54, 1.807) is 6.07 Å². The summed E-state index contributed by atoms with van der Waals surface area (Å²) in [6.45, 7) is 6.63. The molecule has 2 aliphatic heterocycles. The van der Waals surface area contributed by atoms with Gasteiger partial charge in [-0.1, -0.05) is 43.0 Å². The maximum Gasteiger partial charge on any atom is 0.303 e. The Morgan fingerprint density at radius 3 is 2.40 bits per heavy atom. The summed E-state index contributed by atoms with van der Waals surface area (Å²) in [5.41, 5.74) is 3.93. The van der Waals surface area contributed by atoms with Crippen molar-refractivity contribution in [3.63, 3.8) is 0 Å². The average Bonchev–Trinajstić information content (AvgIpc) is 3.42. The highest BCUT2D eigenvalue weighted by Crippen LogP contribution is 2.46. The van der Waals surface area contributed by atoms with Gasteiger partial charge in [-0.2, -0.15) is 21.4 Å². The summed E-state index contributed by atoms with van der Waals surface area (Å²) in [5, 5.41) is 21.4. The molecule has 2 aliphatic rings. The summed E-state index contributed by atoms with van der Waals surface area (Å²) in [6.07, 6.45) is 11.6. The second kappa shape index (κ2) is 16.4. The maximum absolute atomic E-state index is 11.9. The first-order valence-electron chi connectivity index (χ1n) is 16.1. The number of fused-ring (bicyclic) bond motifs is 2. The van der Waals surface area contributed by atoms with Gasteiger partial charge in [0.1, 0.15) is 6.54 Å². The predicted octanol–water partition coefficient (Wildman–Crippen LogP) is 6.99. The van der Waals surface area contributed by atoms with E-state index >= 15 is 0 Å². The second-order valence-electron chi connectivity index (χ2n) is 13.1. The van der Waals surface area contributed by atoms with Crippen molar-refractivity contribution >= 4 is 61.0 Å². The molecule has 272 valence electrons. The summed E-state index contributed by atoms with van der Waals surface area (Å²) >= 11 is 0.855. The highest BCUT2D eigenvalue weighted by molar-refractivity contribution is 7.94. The molecule has 0 aromatic heterocycles. The summed E-state index contributed by atoms with van der Waals surface area (Å²) < 4.78 is 72.1. The van der Waals surface area contributed by atoms with Crippen LogP contribution < -0.4 is 0 Å². The minimum atomic E-state index is -4.42. The highest BCUT2D eigenvalue weighted by Gasteiger charge is 2.44. The minimum Gasteiger partial charge on any atom is -0.481 e. The topological polar surface area (TPSA) is 200 Å². The molecule has 0 saturated carbocycles. The number of aliphatic imine (C=N–C) groups is 1. The average molecular weight is 752 g/mol. The van der Waals surface area contributed by atoms with Gasteiger partial charge in [0.05, 0.1) is 33.8 Å². The normalized spacial score (nSPS) is 18.6. The lowest BCUT2D eigenvalue weighted by atomic mass is 9.74. The van der Waals surface area contributed by atoms with Crippen LogP contribution in [0.2, 0.25) is 0 Å². The Morgan fingerprint density at radius 2 is 1.72 bits per heavy atom. The summed E-state index contributed by atoms with van der Waals surface area (Å²) in [5.74, 6) is -1.18. The Labute approximate surface area is 297 Å². The van der Waals surface area contributed by atoms with Crippen molar-refractivity contribution in [2.45, 2.75) is 92.8 Å². The molecule has 50 heavy (non-hydrogen) atoms. The van der Waals surface area contributed by atoms with Gasteiger partial charge in [0.2, 0.25) is 5.69 Å². The molecule has 2 heterocycles. The number of carbonyl (C=O) groups is 1. The van der Waals surface area contributed by atoms with E-state index < -0.39 is 37.0 Å². The number of hydrogen-bond donors (Lipinski definition) is 4. The Hall–Kier alpha value is -3.22. The van der Waals surface area contributed by atoms with E-state index in [1.807, 2.05) is 49.4 Å². The first-order chi connectivity index (χ1) is 23.5. The van der Waals surface area contributed by atoms with Gasteiger partial charge in [-0.25, -0.2) is 5.26 Å². The van der Waals surface area contributed by atoms with Gasteiger partial charge in [-0.15, -0.1) is 4.33 Å². The molecule has 0 aliphatic carbocycles. The molecule has 2 aromatic carbocycles. The molecule has 4 N–H and O–H groups in total. The molecule has 0 bridgehead atoms. The maximum atomic E-state index is 11.9. The van der Waals surface area contributed by atoms with Crippen LogP contribution >= 0.6 is 12.0 Å². The zero-order chi connectivity index (χ0) is 36.7. The van der Waals surface area contributed by atoms with Crippen LogP contribution in [0.1, 0.15) is 83.3 Å². The van der Waals surface area contributed by atoms with Crippen LogP contribution in [0, 0.1) is 0 Å². The van der Waals surface area contributed by atoms with E-state index in [4.69, 9.17) is 15.4 Å².